The molecular formula is C13H14O2Si. The predicted molar refractivity (Wildman–Crippen MR) is 67.1 cm³/mol. The quantitative estimate of drug-likeness (QED) is 0.739. The van der Waals surface area contributed by atoms with Crippen LogP contribution in [0, 0.1) is 6.92 Å². The summed E-state index contributed by atoms with van der Waals surface area (Å²) in [5.74, 6) is 0. The Labute approximate surface area is 96.1 Å². The van der Waals surface area contributed by atoms with Crippen molar-refractivity contribution in [3.63, 3.8) is 0 Å². The second-order valence-corrected chi connectivity index (χ2v) is 6.40. The summed E-state index contributed by atoms with van der Waals surface area (Å²) in [5.41, 5.74) is 1.11. The normalized spacial score (nSPS) is 11.4. The average Bonchev–Trinajstić information content (AvgIpc) is 2.31. The monoisotopic (exact) mass is 230 g/mol. The lowest BCUT2D eigenvalue weighted by Gasteiger charge is -2.18. The van der Waals surface area contributed by atoms with Gasteiger partial charge in [0.1, 0.15) is 0 Å². The van der Waals surface area contributed by atoms with Crippen LogP contribution in [0.15, 0.2) is 54.6 Å². The maximum atomic E-state index is 10.2. The van der Waals surface area contributed by atoms with Crippen molar-refractivity contribution < 1.29 is 9.59 Å². The third-order valence-corrected chi connectivity index (χ3v) is 4.91. The highest BCUT2D eigenvalue weighted by atomic mass is 28.4. The molecule has 2 nitrogen and oxygen atoms in total. The summed E-state index contributed by atoms with van der Waals surface area (Å²) in [6.45, 7) is 1.98. The molecule has 16 heavy (non-hydrogen) atoms. The Hall–Kier alpha value is -1.42. The first kappa shape index (κ1) is 11.1. The van der Waals surface area contributed by atoms with Gasteiger partial charge in [-0.3, -0.25) is 0 Å². The molecule has 2 aromatic rings. The minimum absolute atomic E-state index is 0.610. The molecule has 0 heterocycles. The molecule has 0 aliphatic rings. The number of aryl methyl sites for hydroxylation is 1. The van der Waals surface area contributed by atoms with Crippen LogP contribution in [-0.2, 0) is 0 Å². The maximum Gasteiger partial charge on any atom is 0.401 e. The highest BCUT2D eigenvalue weighted by Gasteiger charge is 2.34. The molecule has 0 radical (unpaired) electrons. The van der Waals surface area contributed by atoms with Crippen LogP contribution in [0.1, 0.15) is 5.56 Å². The zero-order valence-electron chi connectivity index (χ0n) is 9.09. The van der Waals surface area contributed by atoms with Gasteiger partial charge in [0.05, 0.1) is 0 Å². The standard InChI is InChI=1S/C13H14O2Si/c1-11-7-9-13(10-8-11)16(14,15)12-5-3-2-4-6-12/h2-10,14-15H,1H3. The Kier molecular flexibility index (Phi) is 2.92. The molecule has 3 heteroatoms. The average molecular weight is 230 g/mol. The minimum atomic E-state index is -3.48. The summed E-state index contributed by atoms with van der Waals surface area (Å²) in [7, 11) is -3.48. The van der Waals surface area contributed by atoms with Crippen molar-refractivity contribution in [3.05, 3.63) is 60.2 Å². The molecule has 0 saturated heterocycles. The van der Waals surface area contributed by atoms with Crippen LogP contribution in [0.4, 0.5) is 0 Å². The summed E-state index contributed by atoms with van der Waals surface area (Å²) in [5, 5.41) is 1.23. The van der Waals surface area contributed by atoms with Crippen LogP contribution < -0.4 is 10.4 Å². The first-order valence-corrected chi connectivity index (χ1v) is 7.07. The largest absolute Gasteiger partial charge is 0.404 e. The fourth-order valence-corrected chi connectivity index (χ4v) is 3.25. The van der Waals surface area contributed by atoms with Gasteiger partial charge in [-0.05, 0) is 17.3 Å². The van der Waals surface area contributed by atoms with Gasteiger partial charge in [-0.2, -0.15) is 0 Å². The summed E-state index contributed by atoms with van der Waals surface area (Å²) in [6, 6.07) is 16.4. The first-order valence-electron chi connectivity index (χ1n) is 5.18. The zero-order chi connectivity index (χ0) is 11.6. The van der Waals surface area contributed by atoms with Gasteiger partial charge in [0.15, 0.2) is 0 Å². The van der Waals surface area contributed by atoms with Crippen molar-refractivity contribution in [1.82, 2.24) is 0 Å². The van der Waals surface area contributed by atoms with Crippen molar-refractivity contribution in [2.45, 2.75) is 6.92 Å². The highest BCUT2D eigenvalue weighted by Crippen LogP contribution is 2.00. The minimum Gasteiger partial charge on any atom is -0.404 e. The highest BCUT2D eigenvalue weighted by molar-refractivity contribution is 6.90. The Morgan fingerprint density at radius 2 is 1.25 bits per heavy atom. The number of hydrogen-bond acceptors (Lipinski definition) is 2. The van der Waals surface area contributed by atoms with E-state index in [0.717, 1.165) is 5.56 Å². The van der Waals surface area contributed by atoms with E-state index in [4.69, 9.17) is 0 Å². The van der Waals surface area contributed by atoms with Crippen molar-refractivity contribution in [2.24, 2.45) is 0 Å². The van der Waals surface area contributed by atoms with E-state index in [1.54, 1.807) is 24.3 Å². The summed E-state index contributed by atoms with van der Waals surface area (Å²) < 4.78 is 0. The van der Waals surface area contributed by atoms with E-state index in [1.807, 2.05) is 37.3 Å². The molecule has 0 saturated carbocycles. The Bertz CT molecular complexity index is 463. The first-order chi connectivity index (χ1) is 7.60. The summed E-state index contributed by atoms with van der Waals surface area (Å²) in [4.78, 5) is 20.5. The van der Waals surface area contributed by atoms with E-state index < -0.39 is 8.56 Å². The molecule has 2 rings (SSSR count). The van der Waals surface area contributed by atoms with Crippen molar-refractivity contribution in [1.29, 1.82) is 0 Å². The zero-order valence-corrected chi connectivity index (χ0v) is 10.1. The molecule has 0 atom stereocenters. The third kappa shape index (κ3) is 2.06. The molecule has 0 aromatic heterocycles. The number of rotatable bonds is 2. The second-order valence-electron chi connectivity index (χ2n) is 3.90. The molecule has 0 amide bonds. The van der Waals surface area contributed by atoms with E-state index in [0.29, 0.717) is 10.4 Å². The van der Waals surface area contributed by atoms with Crippen LogP contribution in [0.5, 0.6) is 0 Å². The second kappa shape index (κ2) is 4.21. The van der Waals surface area contributed by atoms with Gasteiger partial charge in [0, 0.05) is 0 Å². The number of benzene rings is 2. The van der Waals surface area contributed by atoms with E-state index in [9.17, 15) is 9.59 Å². The molecule has 2 aromatic carbocycles. The van der Waals surface area contributed by atoms with E-state index >= 15 is 0 Å². The molecule has 0 aliphatic carbocycles. The lowest BCUT2D eigenvalue weighted by Crippen LogP contribution is -2.59. The van der Waals surface area contributed by atoms with Crippen molar-refractivity contribution in [2.75, 3.05) is 0 Å². The molecule has 82 valence electrons. The van der Waals surface area contributed by atoms with Crippen LogP contribution in [-0.4, -0.2) is 18.2 Å². The lowest BCUT2D eigenvalue weighted by atomic mass is 10.2. The van der Waals surface area contributed by atoms with E-state index in [1.165, 1.54) is 0 Å². The summed E-state index contributed by atoms with van der Waals surface area (Å²) in [6.07, 6.45) is 0. The maximum absolute atomic E-state index is 10.2. The van der Waals surface area contributed by atoms with Crippen LogP contribution in [0.25, 0.3) is 0 Å². The van der Waals surface area contributed by atoms with Gasteiger partial charge < -0.3 is 9.59 Å². The van der Waals surface area contributed by atoms with Crippen LogP contribution >= 0.6 is 0 Å². The van der Waals surface area contributed by atoms with Crippen molar-refractivity contribution in [3.8, 4) is 0 Å². The summed E-state index contributed by atoms with van der Waals surface area (Å²) >= 11 is 0. The molecule has 0 unspecified atom stereocenters. The SMILES string of the molecule is Cc1ccc([Si](O)(O)c2ccccc2)cc1. The Balaban J connectivity index is 2.43. The Morgan fingerprint density at radius 3 is 1.81 bits per heavy atom. The third-order valence-electron chi connectivity index (χ3n) is 2.63. The van der Waals surface area contributed by atoms with Gasteiger partial charge in [-0.25, -0.2) is 0 Å². The fourth-order valence-electron chi connectivity index (χ4n) is 1.62. The predicted octanol–water partition coefficient (Wildman–Crippen LogP) is 0.536. The topological polar surface area (TPSA) is 40.5 Å². The van der Waals surface area contributed by atoms with Gasteiger partial charge in [-0.1, -0.05) is 60.2 Å². The van der Waals surface area contributed by atoms with E-state index in [2.05, 4.69) is 0 Å². The van der Waals surface area contributed by atoms with Gasteiger partial charge in [0.25, 0.3) is 0 Å². The smallest absolute Gasteiger partial charge is 0.401 e. The van der Waals surface area contributed by atoms with Gasteiger partial charge >= 0.3 is 8.56 Å². The number of hydrogen-bond donors (Lipinski definition) is 2. The van der Waals surface area contributed by atoms with Crippen molar-refractivity contribution >= 4 is 18.9 Å². The van der Waals surface area contributed by atoms with Gasteiger partial charge in [-0.15, -0.1) is 0 Å². The molecular weight excluding hydrogens is 216 g/mol. The Morgan fingerprint density at radius 1 is 0.750 bits per heavy atom. The molecule has 0 bridgehead atoms. The van der Waals surface area contributed by atoms with Crippen LogP contribution in [0.3, 0.4) is 0 Å². The lowest BCUT2D eigenvalue weighted by molar-refractivity contribution is 0.401. The molecule has 0 spiro atoms. The van der Waals surface area contributed by atoms with E-state index in [-0.39, 0.29) is 0 Å². The fraction of sp³-hybridized carbons (Fsp3) is 0.0769. The molecule has 2 N–H and O–H groups in total. The molecule has 0 fully saturated rings. The van der Waals surface area contributed by atoms with Crippen LogP contribution in [0.2, 0.25) is 0 Å². The molecule has 0 aliphatic heterocycles. The van der Waals surface area contributed by atoms with Gasteiger partial charge in [0.2, 0.25) is 0 Å².